The van der Waals surface area contributed by atoms with Crippen LogP contribution < -0.4 is 25.4 Å². The fourth-order valence-corrected chi connectivity index (χ4v) is 16.0. The minimum Gasteiger partial charge on any atom is -0.457 e. The molecule has 80 heavy (non-hydrogen) atoms. The van der Waals surface area contributed by atoms with Crippen molar-refractivity contribution in [3.63, 3.8) is 0 Å². The van der Waals surface area contributed by atoms with Gasteiger partial charge in [0.15, 0.2) is 0 Å². The SMILES string of the molecule is Cc1cc2c(cc1N1c3cc4c(cc3B3c5c1cc1c(c5-c5cc6c(cc5N3c3ccc(C(C)(C)C)cc3-c3ccccc3)C(C)(C)c3ccccc3-6)C(C)(C)c3ccccc3-1)C(C)(C)c1ccccc1O4)C(C)(C)CCC2(C)C. The van der Waals surface area contributed by atoms with E-state index in [2.05, 4.69) is 270 Å². The summed E-state index contributed by atoms with van der Waals surface area (Å²) < 4.78 is 7.24. The van der Waals surface area contributed by atoms with Crippen LogP contribution >= 0.6 is 0 Å². The van der Waals surface area contributed by atoms with Crippen molar-refractivity contribution < 1.29 is 4.74 Å². The average molecular weight is 1040 g/mol. The number of nitrogens with zero attached hydrogens (tertiary/aromatic N) is 2. The van der Waals surface area contributed by atoms with Crippen molar-refractivity contribution in [2.45, 2.75) is 142 Å². The molecular formula is C76H73BN2O. The molecule has 0 aromatic heterocycles. The van der Waals surface area contributed by atoms with Gasteiger partial charge in [0, 0.05) is 73.0 Å². The predicted molar refractivity (Wildman–Crippen MR) is 338 cm³/mol. The Bertz CT molecular complexity index is 4200. The molecule has 0 amide bonds. The van der Waals surface area contributed by atoms with E-state index in [0.717, 1.165) is 24.3 Å². The number of ether oxygens (including phenoxy) is 1. The van der Waals surface area contributed by atoms with E-state index in [1.54, 1.807) is 0 Å². The number of fused-ring (bicyclic) bond motifs is 14. The van der Waals surface area contributed by atoms with Gasteiger partial charge in [-0.2, -0.15) is 0 Å². The van der Waals surface area contributed by atoms with Crippen molar-refractivity contribution >= 4 is 46.2 Å². The second-order valence-electron chi connectivity index (χ2n) is 28.4. The van der Waals surface area contributed by atoms with E-state index in [9.17, 15) is 0 Å². The van der Waals surface area contributed by atoms with E-state index in [0.29, 0.717) is 0 Å². The first-order valence-electron chi connectivity index (χ1n) is 29.5. The van der Waals surface area contributed by atoms with Gasteiger partial charge in [-0.25, -0.2) is 0 Å². The molecule has 3 aliphatic carbocycles. The number of para-hydroxylation sites is 1. The third kappa shape index (κ3) is 6.57. The van der Waals surface area contributed by atoms with Gasteiger partial charge in [-0.15, -0.1) is 0 Å². The molecule has 0 saturated heterocycles. The van der Waals surface area contributed by atoms with Crippen molar-refractivity contribution in [1.82, 2.24) is 0 Å². The molecule has 3 aliphatic heterocycles. The van der Waals surface area contributed by atoms with Gasteiger partial charge >= 0.3 is 6.85 Å². The fraction of sp³-hybridized carbons (Fsp3) is 0.289. The number of aryl methyl sites for hydroxylation is 1. The molecule has 9 aromatic carbocycles. The molecule has 0 saturated carbocycles. The second kappa shape index (κ2) is 16.1. The van der Waals surface area contributed by atoms with Crippen LogP contribution in [0.2, 0.25) is 0 Å². The lowest BCUT2D eigenvalue weighted by Crippen LogP contribution is -2.62. The summed E-state index contributed by atoms with van der Waals surface area (Å²) in [6.45, 7) is 33.7. The first kappa shape index (κ1) is 49.5. The molecule has 0 bridgehead atoms. The van der Waals surface area contributed by atoms with Gasteiger partial charge in [0.1, 0.15) is 11.5 Å². The normalized spacial score (nSPS) is 18.1. The zero-order chi connectivity index (χ0) is 55.5. The molecule has 9 aromatic rings. The maximum absolute atomic E-state index is 7.24. The van der Waals surface area contributed by atoms with Crippen molar-refractivity contribution in [1.29, 1.82) is 0 Å². The summed E-state index contributed by atoms with van der Waals surface area (Å²) in [6, 6.07) is 63.9. The van der Waals surface area contributed by atoms with E-state index in [1.165, 1.54) is 140 Å². The van der Waals surface area contributed by atoms with Crippen LogP contribution in [0, 0.1) is 6.92 Å². The largest absolute Gasteiger partial charge is 0.457 e. The molecule has 396 valence electrons. The lowest BCUT2D eigenvalue weighted by atomic mass is 9.42. The van der Waals surface area contributed by atoms with Crippen molar-refractivity contribution in [3.05, 3.63) is 219 Å². The predicted octanol–water partition coefficient (Wildman–Crippen LogP) is 19.1. The third-order valence-corrected chi connectivity index (χ3v) is 20.6. The average Bonchev–Trinajstić information content (AvgIpc) is 3.91. The maximum atomic E-state index is 7.24. The molecule has 0 spiro atoms. The molecule has 3 heterocycles. The van der Waals surface area contributed by atoms with Crippen molar-refractivity contribution in [2.75, 3.05) is 9.71 Å². The summed E-state index contributed by atoms with van der Waals surface area (Å²) >= 11 is 0. The van der Waals surface area contributed by atoms with Crippen LogP contribution in [0.15, 0.2) is 164 Å². The molecular weight excluding hydrogens is 968 g/mol. The monoisotopic (exact) mass is 1040 g/mol. The third-order valence-electron chi connectivity index (χ3n) is 20.6. The molecule has 0 fully saturated rings. The van der Waals surface area contributed by atoms with Crippen LogP contribution in [-0.2, 0) is 32.5 Å². The molecule has 0 unspecified atom stereocenters. The van der Waals surface area contributed by atoms with E-state index in [1.807, 2.05) is 0 Å². The van der Waals surface area contributed by atoms with E-state index in [-0.39, 0.29) is 39.3 Å². The highest BCUT2D eigenvalue weighted by Crippen LogP contribution is 2.62. The number of hydrogen-bond donors (Lipinski definition) is 0. The van der Waals surface area contributed by atoms with E-state index < -0.39 is 0 Å². The summed E-state index contributed by atoms with van der Waals surface area (Å²) in [4.78, 5) is 5.52. The topological polar surface area (TPSA) is 15.7 Å². The van der Waals surface area contributed by atoms with Gasteiger partial charge in [0.2, 0.25) is 0 Å². The Balaban J connectivity index is 1.15. The van der Waals surface area contributed by atoms with Gasteiger partial charge in [0.25, 0.3) is 0 Å². The number of rotatable bonds is 3. The van der Waals surface area contributed by atoms with Gasteiger partial charge in [0.05, 0.1) is 0 Å². The Morgan fingerprint density at radius 3 is 1.73 bits per heavy atom. The van der Waals surface area contributed by atoms with Crippen LogP contribution in [0.4, 0.5) is 28.4 Å². The summed E-state index contributed by atoms with van der Waals surface area (Å²) in [6.07, 6.45) is 2.30. The van der Waals surface area contributed by atoms with E-state index in [4.69, 9.17) is 4.74 Å². The lowest BCUT2D eigenvalue weighted by molar-refractivity contribution is 0.332. The number of anilines is 5. The minimum atomic E-state index is -0.357. The van der Waals surface area contributed by atoms with Crippen LogP contribution in [0.5, 0.6) is 11.5 Å². The molecule has 3 nitrogen and oxygen atoms in total. The van der Waals surface area contributed by atoms with Gasteiger partial charge in [-0.1, -0.05) is 205 Å². The summed E-state index contributed by atoms with van der Waals surface area (Å²) in [5.74, 6) is 1.85. The Morgan fingerprint density at radius 1 is 0.425 bits per heavy atom. The van der Waals surface area contributed by atoms with Crippen LogP contribution in [-0.4, -0.2) is 6.85 Å². The molecule has 0 atom stereocenters. The molecule has 15 rings (SSSR count). The quantitative estimate of drug-likeness (QED) is 0.164. The Hall–Kier alpha value is -7.56. The first-order chi connectivity index (χ1) is 38.0. The maximum Gasteiger partial charge on any atom is 0.333 e. The van der Waals surface area contributed by atoms with Crippen LogP contribution in [0.25, 0.3) is 44.5 Å². The number of hydrogen-bond acceptors (Lipinski definition) is 3. The molecule has 4 heteroatoms. The minimum absolute atomic E-state index is 0.00524. The molecule has 6 aliphatic rings. The molecule has 0 radical (unpaired) electrons. The van der Waals surface area contributed by atoms with Gasteiger partial charge < -0.3 is 14.4 Å². The Kier molecular flexibility index (Phi) is 9.95. The van der Waals surface area contributed by atoms with Gasteiger partial charge in [-0.05, 0) is 167 Å². The van der Waals surface area contributed by atoms with Crippen LogP contribution in [0.1, 0.15) is 158 Å². The van der Waals surface area contributed by atoms with Gasteiger partial charge in [-0.3, -0.25) is 0 Å². The fourth-order valence-electron chi connectivity index (χ4n) is 16.0. The summed E-state index contributed by atoms with van der Waals surface area (Å²) in [7, 11) is 0. The highest BCUT2D eigenvalue weighted by Gasteiger charge is 2.53. The zero-order valence-corrected chi connectivity index (χ0v) is 49.4. The highest BCUT2D eigenvalue weighted by molar-refractivity contribution is 6.94. The summed E-state index contributed by atoms with van der Waals surface area (Å²) in [5, 5.41) is 0. The Morgan fingerprint density at radius 2 is 1.02 bits per heavy atom. The second-order valence-corrected chi connectivity index (χ2v) is 28.4. The Labute approximate surface area is 475 Å². The lowest BCUT2D eigenvalue weighted by Gasteiger charge is -2.49. The first-order valence-corrected chi connectivity index (χ1v) is 29.5. The smallest absolute Gasteiger partial charge is 0.333 e. The standard InChI is InChI=1S/C76H73BN2O/c1-44-36-57-58(73(7,8)35-34-72(57,5)6)42-62(44)78-64-43-67-59(75(11,12)55-30-22-23-31-66(55)80-67)40-60(64)77-70-65(78)39-51-48-27-19-21-29-54(48)76(13,14)69(51)68(70)52-38-50-47-26-18-20-28-53(47)74(9,10)56(50)41-63(52)79(77)61-33-32-46(71(2,3)4)37-49(61)45-24-16-15-17-25-45/h15-33,36-43H,34-35H2,1-14H3. The van der Waals surface area contributed by atoms with E-state index >= 15 is 0 Å². The summed E-state index contributed by atoms with van der Waals surface area (Å²) in [5.41, 5.74) is 31.8. The number of benzene rings is 9. The highest BCUT2D eigenvalue weighted by atomic mass is 16.5. The molecule has 0 N–H and O–H groups in total. The zero-order valence-electron chi connectivity index (χ0n) is 49.4. The van der Waals surface area contributed by atoms with Crippen molar-refractivity contribution in [3.8, 4) is 56.0 Å². The van der Waals surface area contributed by atoms with Crippen molar-refractivity contribution in [2.24, 2.45) is 0 Å². The van der Waals surface area contributed by atoms with Crippen LogP contribution in [0.3, 0.4) is 0 Å².